The molecule has 0 spiro atoms. The molecular weight excluding hydrogens is 443 g/mol. The molecule has 1 unspecified atom stereocenters. The van der Waals surface area contributed by atoms with E-state index in [1.54, 1.807) is 4.90 Å². The van der Waals surface area contributed by atoms with Gasteiger partial charge in [-0.05, 0) is 43.0 Å². The Morgan fingerprint density at radius 1 is 1.06 bits per heavy atom. The number of benzene rings is 2. The molecule has 3 rings (SSSR count). The van der Waals surface area contributed by atoms with Gasteiger partial charge in [-0.15, -0.1) is 0 Å². The highest BCUT2D eigenvalue weighted by Gasteiger charge is 2.34. The van der Waals surface area contributed by atoms with E-state index in [4.69, 9.17) is 0 Å². The molecule has 0 fully saturated rings. The van der Waals surface area contributed by atoms with E-state index in [1.165, 1.54) is 28.7 Å². The summed E-state index contributed by atoms with van der Waals surface area (Å²) < 4.78 is 40.1. The summed E-state index contributed by atoms with van der Waals surface area (Å²) in [4.78, 5) is 29.3. The van der Waals surface area contributed by atoms with E-state index >= 15 is 0 Å². The maximum atomic E-state index is 13.4. The lowest BCUT2D eigenvalue weighted by atomic mass is 9.93. The maximum absolute atomic E-state index is 13.4. The SMILES string of the molecule is CCCCCCN(CC(=O)N1CCc2ccccc2C1C)C(=O)Nc1ccccc1C(F)(F)F. The second kappa shape index (κ2) is 11.4. The second-order valence-corrected chi connectivity index (χ2v) is 8.67. The highest BCUT2D eigenvalue weighted by molar-refractivity contribution is 5.93. The van der Waals surface area contributed by atoms with E-state index in [0.29, 0.717) is 19.5 Å². The lowest BCUT2D eigenvalue weighted by molar-refractivity contribution is -0.137. The third-order valence-corrected chi connectivity index (χ3v) is 6.28. The summed E-state index contributed by atoms with van der Waals surface area (Å²) in [5.41, 5.74) is 1.06. The first-order valence-electron chi connectivity index (χ1n) is 11.8. The number of hydrogen-bond donors (Lipinski definition) is 1. The number of hydrogen-bond acceptors (Lipinski definition) is 2. The van der Waals surface area contributed by atoms with E-state index < -0.39 is 17.8 Å². The number of carbonyl (C=O) groups excluding carboxylic acids is 2. The van der Waals surface area contributed by atoms with Gasteiger partial charge in [0.1, 0.15) is 6.54 Å². The number of carbonyl (C=O) groups is 2. The topological polar surface area (TPSA) is 52.7 Å². The fourth-order valence-corrected chi connectivity index (χ4v) is 4.38. The third-order valence-electron chi connectivity index (χ3n) is 6.28. The molecule has 184 valence electrons. The van der Waals surface area contributed by atoms with Crippen molar-refractivity contribution in [1.82, 2.24) is 9.80 Å². The summed E-state index contributed by atoms with van der Waals surface area (Å²) in [5.74, 6) is -0.211. The van der Waals surface area contributed by atoms with Gasteiger partial charge in [-0.25, -0.2) is 4.79 Å². The molecule has 8 heteroatoms. The highest BCUT2D eigenvalue weighted by Crippen LogP contribution is 2.35. The van der Waals surface area contributed by atoms with Crippen LogP contribution in [0.2, 0.25) is 0 Å². The molecule has 1 heterocycles. The van der Waals surface area contributed by atoms with E-state index in [0.717, 1.165) is 37.3 Å². The van der Waals surface area contributed by atoms with Crippen molar-refractivity contribution in [3.8, 4) is 0 Å². The minimum Gasteiger partial charge on any atom is -0.334 e. The molecule has 1 aliphatic heterocycles. The lowest BCUT2D eigenvalue weighted by Crippen LogP contribution is -2.47. The fraction of sp³-hybridized carbons (Fsp3) is 0.462. The fourth-order valence-electron chi connectivity index (χ4n) is 4.38. The zero-order chi connectivity index (χ0) is 24.7. The van der Waals surface area contributed by atoms with Crippen LogP contribution in [0.5, 0.6) is 0 Å². The third kappa shape index (κ3) is 6.30. The van der Waals surface area contributed by atoms with E-state index in [-0.39, 0.29) is 24.2 Å². The number of fused-ring (bicyclic) bond motifs is 1. The minimum atomic E-state index is -4.59. The highest BCUT2D eigenvalue weighted by atomic mass is 19.4. The summed E-state index contributed by atoms with van der Waals surface area (Å²) in [7, 11) is 0. The van der Waals surface area contributed by atoms with Crippen LogP contribution in [0.1, 0.15) is 62.3 Å². The van der Waals surface area contributed by atoms with Crippen LogP contribution in [0.4, 0.5) is 23.7 Å². The Morgan fingerprint density at radius 2 is 1.76 bits per heavy atom. The van der Waals surface area contributed by atoms with Crippen LogP contribution in [0.3, 0.4) is 0 Å². The van der Waals surface area contributed by atoms with Gasteiger partial charge in [0.05, 0.1) is 17.3 Å². The molecule has 2 aromatic carbocycles. The Kier molecular flexibility index (Phi) is 8.58. The molecule has 1 aliphatic rings. The van der Waals surface area contributed by atoms with Gasteiger partial charge < -0.3 is 15.1 Å². The minimum absolute atomic E-state index is 0.131. The van der Waals surface area contributed by atoms with E-state index in [1.807, 2.05) is 25.1 Å². The summed E-state index contributed by atoms with van der Waals surface area (Å²) >= 11 is 0. The van der Waals surface area contributed by atoms with Crippen LogP contribution in [0.15, 0.2) is 48.5 Å². The molecule has 0 aromatic heterocycles. The molecule has 34 heavy (non-hydrogen) atoms. The predicted molar refractivity (Wildman–Crippen MR) is 126 cm³/mol. The van der Waals surface area contributed by atoms with E-state index in [9.17, 15) is 22.8 Å². The largest absolute Gasteiger partial charge is 0.418 e. The van der Waals surface area contributed by atoms with Gasteiger partial charge in [-0.1, -0.05) is 62.6 Å². The Hall–Kier alpha value is -3.03. The predicted octanol–water partition coefficient (Wildman–Crippen LogP) is 6.27. The van der Waals surface area contributed by atoms with Crippen molar-refractivity contribution in [2.24, 2.45) is 0 Å². The normalized spacial score (nSPS) is 15.6. The van der Waals surface area contributed by atoms with Crippen molar-refractivity contribution in [2.45, 2.75) is 58.2 Å². The molecule has 0 saturated carbocycles. The number of rotatable bonds is 8. The first-order valence-corrected chi connectivity index (χ1v) is 11.8. The molecular formula is C26H32F3N3O2. The summed E-state index contributed by atoms with van der Waals surface area (Å²) in [5, 5.41) is 2.39. The Morgan fingerprint density at radius 3 is 2.50 bits per heavy atom. The van der Waals surface area contributed by atoms with Gasteiger partial charge in [0, 0.05) is 13.1 Å². The molecule has 0 radical (unpaired) electrons. The second-order valence-electron chi connectivity index (χ2n) is 8.67. The number of unbranched alkanes of at least 4 members (excludes halogenated alkanes) is 3. The first-order chi connectivity index (χ1) is 16.2. The van der Waals surface area contributed by atoms with Crippen molar-refractivity contribution in [3.63, 3.8) is 0 Å². The van der Waals surface area contributed by atoms with Crippen LogP contribution >= 0.6 is 0 Å². The van der Waals surface area contributed by atoms with Gasteiger partial charge in [0.25, 0.3) is 0 Å². The van der Waals surface area contributed by atoms with Crippen molar-refractivity contribution in [3.05, 3.63) is 65.2 Å². The van der Waals surface area contributed by atoms with Crippen molar-refractivity contribution in [2.75, 3.05) is 25.0 Å². The quantitative estimate of drug-likeness (QED) is 0.458. The zero-order valence-electron chi connectivity index (χ0n) is 19.7. The van der Waals surface area contributed by atoms with Gasteiger partial charge in [0.2, 0.25) is 5.91 Å². The molecule has 0 aliphatic carbocycles. The molecule has 2 aromatic rings. The Balaban J connectivity index is 1.74. The average molecular weight is 476 g/mol. The van der Waals surface area contributed by atoms with Gasteiger partial charge in [-0.3, -0.25) is 4.79 Å². The van der Waals surface area contributed by atoms with E-state index in [2.05, 4.69) is 18.3 Å². The first kappa shape index (κ1) is 25.6. The number of halogens is 3. The van der Waals surface area contributed by atoms with Gasteiger partial charge >= 0.3 is 12.2 Å². The molecule has 1 atom stereocenters. The van der Waals surface area contributed by atoms with Crippen molar-refractivity contribution >= 4 is 17.6 Å². The maximum Gasteiger partial charge on any atom is 0.418 e. The number of alkyl halides is 3. The lowest BCUT2D eigenvalue weighted by Gasteiger charge is -2.36. The summed E-state index contributed by atoms with van der Waals surface area (Å²) in [6.45, 7) is 4.68. The zero-order valence-corrected chi connectivity index (χ0v) is 19.7. The van der Waals surface area contributed by atoms with Crippen LogP contribution in [-0.4, -0.2) is 41.4 Å². The van der Waals surface area contributed by atoms with Gasteiger partial charge in [-0.2, -0.15) is 13.2 Å². The molecule has 0 saturated heterocycles. The molecule has 5 nitrogen and oxygen atoms in total. The Labute approximate surface area is 198 Å². The number of urea groups is 1. The molecule has 3 amide bonds. The number of nitrogens with one attached hydrogen (secondary N) is 1. The Bertz CT molecular complexity index is 993. The smallest absolute Gasteiger partial charge is 0.334 e. The molecule has 1 N–H and O–H groups in total. The van der Waals surface area contributed by atoms with Crippen LogP contribution in [-0.2, 0) is 17.4 Å². The monoisotopic (exact) mass is 475 g/mol. The van der Waals surface area contributed by atoms with Crippen molar-refractivity contribution in [1.29, 1.82) is 0 Å². The summed E-state index contributed by atoms with van der Waals surface area (Å²) in [6, 6.07) is 12.0. The van der Waals surface area contributed by atoms with Crippen molar-refractivity contribution < 1.29 is 22.8 Å². The van der Waals surface area contributed by atoms with Crippen LogP contribution in [0, 0.1) is 0 Å². The number of anilines is 1. The molecule has 0 bridgehead atoms. The van der Waals surface area contributed by atoms with Crippen LogP contribution < -0.4 is 5.32 Å². The number of para-hydroxylation sites is 1. The number of nitrogens with zero attached hydrogens (tertiary/aromatic N) is 2. The standard InChI is InChI=1S/C26H32F3N3O2/c1-3-4-5-10-16-31(25(34)30-23-14-9-8-13-22(23)26(27,28)29)18-24(33)32-17-15-20-11-6-7-12-21(20)19(32)2/h6-9,11-14,19H,3-5,10,15-18H2,1-2H3,(H,30,34). The van der Waals surface area contributed by atoms with Gasteiger partial charge in [0.15, 0.2) is 0 Å². The number of amides is 3. The summed E-state index contributed by atoms with van der Waals surface area (Å²) in [6.07, 6.45) is -0.319. The average Bonchev–Trinajstić information content (AvgIpc) is 2.81. The van der Waals surface area contributed by atoms with Crippen LogP contribution in [0.25, 0.3) is 0 Å².